The number of furan rings is 2. The first kappa shape index (κ1) is 33.4. The topological polar surface area (TPSA) is 31.2 Å². The van der Waals surface area contributed by atoms with E-state index in [0.29, 0.717) is 0 Å². The van der Waals surface area contributed by atoms with E-state index in [9.17, 15) is 0 Å². The van der Waals surface area contributed by atoms with Crippen LogP contribution >= 0.6 is 0 Å². The van der Waals surface area contributed by atoms with E-state index in [2.05, 4.69) is 193 Å². The normalized spacial score (nSPS) is 14.0. The summed E-state index contributed by atoms with van der Waals surface area (Å²) in [4.78, 5) is 0. The predicted molar refractivity (Wildman–Crippen MR) is 248 cm³/mol. The summed E-state index contributed by atoms with van der Waals surface area (Å²) in [6.45, 7) is 0. The molecule has 1 unspecified atom stereocenters. The molecule has 1 aliphatic carbocycles. The third-order valence-corrected chi connectivity index (χ3v) is 13.1. The molecule has 0 spiro atoms. The summed E-state index contributed by atoms with van der Waals surface area (Å²) in [6, 6.07) is 70.8. The molecule has 13 rings (SSSR count). The van der Waals surface area contributed by atoms with Gasteiger partial charge in [0.05, 0.1) is 11.0 Å². The van der Waals surface area contributed by atoms with Crippen LogP contribution in [0.4, 0.5) is 0 Å². The van der Waals surface area contributed by atoms with E-state index in [4.69, 9.17) is 8.83 Å². The smallest absolute Gasteiger partial charge is 0.135 e. The van der Waals surface area contributed by atoms with Crippen LogP contribution in [0.15, 0.2) is 203 Å². The highest BCUT2D eigenvalue weighted by Crippen LogP contribution is 2.49. The van der Waals surface area contributed by atoms with Crippen molar-refractivity contribution >= 4 is 65.7 Å². The second kappa shape index (κ2) is 12.9. The maximum absolute atomic E-state index is 6.42. The van der Waals surface area contributed by atoms with Crippen LogP contribution in [0.5, 0.6) is 0 Å². The van der Waals surface area contributed by atoms with Crippen molar-refractivity contribution < 1.29 is 8.83 Å². The highest BCUT2D eigenvalue weighted by atomic mass is 16.3. The van der Waals surface area contributed by atoms with Gasteiger partial charge in [-0.3, -0.25) is 0 Å². The summed E-state index contributed by atoms with van der Waals surface area (Å²) in [7, 11) is 0. The highest BCUT2D eigenvalue weighted by molar-refractivity contribution is 6.17. The first-order chi connectivity index (χ1) is 29.7. The number of nitrogens with zero attached hydrogens (tertiary/aromatic N) is 1. The fraction of sp³-hybridized carbons (Fsp3) is 0.0526. The molecule has 1 atom stereocenters. The Morgan fingerprint density at radius 2 is 1.07 bits per heavy atom. The lowest BCUT2D eigenvalue weighted by Gasteiger charge is -2.22. The average Bonchev–Trinajstić information content (AvgIpc) is 3.94. The highest BCUT2D eigenvalue weighted by Gasteiger charge is 2.28. The molecule has 3 heterocycles. The number of benzene rings is 9. The van der Waals surface area contributed by atoms with E-state index in [0.717, 1.165) is 51.6 Å². The van der Waals surface area contributed by atoms with E-state index in [-0.39, 0.29) is 5.92 Å². The fourth-order valence-corrected chi connectivity index (χ4v) is 10.4. The molecule has 9 aromatic carbocycles. The minimum absolute atomic E-state index is 0.213. The molecule has 0 bridgehead atoms. The summed E-state index contributed by atoms with van der Waals surface area (Å²) in [5.41, 5.74) is 18.8. The molecule has 0 aliphatic heterocycles. The Labute approximate surface area is 346 Å². The van der Waals surface area contributed by atoms with Gasteiger partial charge in [0.2, 0.25) is 0 Å². The first-order valence-corrected chi connectivity index (χ1v) is 20.9. The van der Waals surface area contributed by atoms with Gasteiger partial charge in [0.15, 0.2) is 0 Å². The first-order valence-electron chi connectivity index (χ1n) is 20.9. The second-order valence-electron chi connectivity index (χ2n) is 16.3. The Morgan fingerprint density at radius 3 is 1.97 bits per heavy atom. The van der Waals surface area contributed by atoms with Gasteiger partial charge in [0.25, 0.3) is 0 Å². The molecule has 0 saturated heterocycles. The summed E-state index contributed by atoms with van der Waals surface area (Å²) in [6.07, 6.45) is 2.02. The maximum Gasteiger partial charge on any atom is 0.135 e. The van der Waals surface area contributed by atoms with Crippen molar-refractivity contribution in [2.75, 3.05) is 0 Å². The summed E-state index contributed by atoms with van der Waals surface area (Å²) >= 11 is 0. The van der Waals surface area contributed by atoms with Gasteiger partial charge in [-0.25, -0.2) is 0 Å². The van der Waals surface area contributed by atoms with Gasteiger partial charge in [-0.1, -0.05) is 133 Å². The zero-order valence-electron chi connectivity index (χ0n) is 32.7. The largest absolute Gasteiger partial charge is 0.456 e. The van der Waals surface area contributed by atoms with Crippen LogP contribution < -0.4 is 0 Å². The number of hydrogen-bond acceptors (Lipinski definition) is 2. The summed E-state index contributed by atoms with van der Waals surface area (Å²) < 4.78 is 15.1. The monoisotopic (exact) mass is 767 g/mol. The number of hydrogen-bond donors (Lipinski definition) is 0. The predicted octanol–water partition coefficient (Wildman–Crippen LogP) is 15.7. The van der Waals surface area contributed by atoms with E-state index in [1.165, 1.54) is 82.6 Å². The lowest BCUT2D eigenvalue weighted by Crippen LogP contribution is -2.03. The molecule has 60 heavy (non-hydrogen) atoms. The van der Waals surface area contributed by atoms with Crippen LogP contribution in [0.3, 0.4) is 0 Å². The van der Waals surface area contributed by atoms with E-state index < -0.39 is 0 Å². The van der Waals surface area contributed by atoms with Crippen LogP contribution in [0.25, 0.3) is 105 Å². The lowest BCUT2D eigenvalue weighted by molar-refractivity contribution is 0.668. The zero-order valence-corrected chi connectivity index (χ0v) is 32.7. The van der Waals surface area contributed by atoms with Gasteiger partial charge in [-0.15, -0.1) is 0 Å². The Balaban J connectivity index is 1.03. The van der Waals surface area contributed by atoms with E-state index >= 15 is 0 Å². The number of aromatic nitrogens is 1. The molecule has 3 heteroatoms. The van der Waals surface area contributed by atoms with Crippen LogP contribution in [0, 0.1) is 0 Å². The number of fused-ring (bicyclic) bond motifs is 12. The number of rotatable bonds is 4. The third-order valence-electron chi connectivity index (χ3n) is 13.1. The fourth-order valence-electron chi connectivity index (χ4n) is 10.4. The number of para-hydroxylation sites is 2. The van der Waals surface area contributed by atoms with E-state index in [1.54, 1.807) is 0 Å². The van der Waals surface area contributed by atoms with Crippen molar-refractivity contribution in [1.82, 2.24) is 4.57 Å². The minimum atomic E-state index is 0.213. The van der Waals surface area contributed by atoms with Crippen molar-refractivity contribution in [1.29, 1.82) is 0 Å². The molecule has 1 aliphatic rings. The number of aryl methyl sites for hydroxylation is 1. The maximum atomic E-state index is 6.42. The Morgan fingerprint density at radius 1 is 0.417 bits per heavy atom. The van der Waals surface area contributed by atoms with Gasteiger partial charge in [-0.2, -0.15) is 0 Å². The standard InChI is InChI=1S/C57H37NO2/c1-2-12-35(13-3-1)37-25-29-54-48(32-37)49-34-39(27-31-55(49)60-54)58-50-21-8-6-17-46(50)57-45(20-11-22-51(57)58)44-19-10-18-43-40(28-24-36-14-4-5-15-41(36)56(43)44)38-26-30-53-47(33-38)42-16-7-9-23-52(42)59-53/h1-23,25-27,29-34,40H,24,28H2. The SMILES string of the molecule is c1ccc(-c2ccc3oc4ccc(-n5c6ccccc6c6c(-c7cccc8c7-c7ccccc7CCC8c7ccc8oc9ccccc9c8c7)cccc65)cc4c3c2)cc1. The lowest BCUT2D eigenvalue weighted by atomic mass is 9.82. The molecule has 0 fully saturated rings. The van der Waals surface area contributed by atoms with Crippen molar-refractivity contribution in [3.63, 3.8) is 0 Å². The molecule has 0 saturated carbocycles. The molecule has 0 N–H and O–H groups in total. The van der Waals surface area contributed by atoms with Crippen molar-refractivity contribution in [3.05, 3.63) is 211 Å². The van der Waals surface area contributed by atoms with Crippen LogP contribution in [0.1, 0.15) is 29.0 Å². The molecular formula is C57H37NO2. The van der Waals surface area contributed by atoms with E-state index in [1.807, 2.05) is 6.07 Å². The molecule has 3 aromatic heterocycles. The molecule has 0 radical (unpaired) electrons. The minimum Gasteiger partial charge on any atom is -0.456 e. The van der Waals surface area contributed by atoms with Crippen LogP contribution in [-0.4, -0.2) is 4.57 Å². The average molecular weight is 768 g/mol. The Bertz CT molecular complexity index is 3670. The third kappa shape index (κ3) is 4.96. The molecule has 12 aromatic rings. The van der Waals surface area contributed by atoms with Gasteiger partial charge in [0, 0.05) is 43.9 Å². The van der Waals surface area contributed by atoms with Crippen LogP contribution in [-0.2, 0) is 6.42 Å². The zero-order chi connectivity index (χ0) is 39.3. The molecule has 282 valence electrons. The summed E-state index contributed by atoms with van der Waals surface area (Å²) in [5, 5.41) is 7.07. The Kier molecular flexibility index (Phi) is 7.20. The Hall–Kier alpha value is -7.62. The van der Waals surface area contributed by atoms with Gasteiger partial charge >= 0.3 is 0 Å². The van der Waals surface area contributed by atoms with Gasteiger partial charge < -0.3 is 13.4 Å². The summed E-state index contributed by atoms with van der Waals surface area (Å²) in [5.74, 6) is 0.213. The molecule has 0 amide bonds. The molecular weight excluding hydrogens is 731 g/mol. The molecule has 3 nitrogen and oxygen atoms in total. The van der Waals surface area contributed by atoms with Crippen molar-refractivity contribution in [2.45, 2.75) is 18.8 Å². The second-order valence-corrected chi connectivity index (χ2v) is 16.3. The van der Waals surface area contributed by atoms with Crippen molar-refractivity contribution in [3.8, 4) is 39.1 Å². The van der Waals surface area contributed by atoms with Crippen molar-refractivity contribution in [2.24, 2.45) is 0 Å². The van der Waals surface area contributed by atoms with Gasteiger partial charge in [-0.05, 0) is 124 Å². The quantitative estimate of drug-likeness (QED) is 0.179. The van der Waals surface area contributed by atoms with Gasteiger partial charge in [0.1, 0.15) is 22.3 Å². The van der Waals surface area contributed by atoms with Crippen LogP contribution in [0.2, 0.25) is 0 Å².